The van der Waals surface area contributed by atoms with E-state index in [1.807, 2.05) is 36.9 Å². The lowest BCUT2D eigenvalue weighted by atomic mass is 9.85. The van der Waals surface area contributed by atoms with E-state index in [1.165, 1.54) is 16.9 Å². The van der Waals surface area contributed by atoms with Gasteiger partial charge >= 0.3 is 0 Å². The molecule has 136 valence electrons. The monoisotopic (exact) mass is 357 g/mol. The predicted molar refractivity (Wildman–Crippen MR) is 105 cm³/mol. The van der Waals surface area contributed by atoms with E-state index in [2.05, 4.69) is 50.1 Å². The van der Waals surface area contributed by atoms with Crippen LogP contribution >= 0.6 is 0 Å². The first-order valence-electron chi connectivity index (χ1n) is 9.54. The second kappa shape index (κ2) is 6.74. The van der Waals surface area contributed by atoms with Crippen LogP contribution in [0.15, 0.2) is 67.3 Å². The van der Waals surface area contributed by atoms with Gasteiger partial charge in [0, 0.05) is 56.4 Å². The van der Waals surface area contributed by atoms with Crippen LogP contribution in [0.2, 0.25) is 0 Å². The summed E-state index contributed by atoms with van der Waals surface area (Å²) in [6.07, 6.45) is 8.76. The van der Waals surface area contributed by atoms with Crippen molar-refractivity contribution < 1.29 is 0 Å². The van der Waals surface area contributed by atoms with Crippen LogP contribution in [0, 0.1) is 0 Å². The van der Waals surface area contributed by atoms with E-state index in [0.717, 1.165) is 44.8 Å². The van der Waals surface area contributed by atoms with E-state index >= 15 is 0 Å². The van der Waals surface area contributed by atoms with Crippen molar-refractivity contribution in [1.29, 1.82) is 0 Å². The molecule has 0 aromatic carbocycles. The molecular weight excluding hydrogens is 334 g/mol. The highest BCUT2D eigenvalue weighted by Gasteiger charge is 2.48. The van der Waals surface area contributed by atoms with Crippen molar-refractivity contribution in [3.8, 4) is 0 Å². The third-order valence-corrected chi connectivity index (χ3v) is 5.76. The summed E-state index contributed by atoms with van der Waals surface area (Å²) >= 11 is 0. The van der Waals surface area contributed by atoms with Crippen molar-refractivity contribution in [3.05, 3.63) is 84.2 Å². The van der Waals surface area contributed by atoms with Gasteiger partial charge in [0.05, 0.1) is 17.1 Å². The van der Waals surface area contributed by atoms with Crippen LogP contribution in [0.4, 0.5) is 5.69 Å². The minimum atomic E-state index is 0.119. The van der Waals surface area contributed by atoms with Crippen molar-refractivity contribution in [2.24, 2.45) is 0 Å². The van der Waals surface area contributed by atoms with Gasteiger partial charge in [-0.3, -0.25) is 19.9 Å². The predicted octanol–water partition coefficient (Wildman–Crippen LogP) is 3.04. The Labute approximate surface area is 159 Å². The third kappa shape index (κ3) is 3.08. The standard InChI is InChI=1S/C22H23N5/c1-2-10-24-19(6-1)15-26-12-8-22(16-26)17-27(14-18-5-3-9-23-13-18)20-7-4-11-25-21(20)22/h1-7,9-11,13H,8,12,14-17H2/t22-/m1/s1. The fourth-order valence-corrected chi connectivity index (χ4v) is 4.58. The maximum atomic E-state index is 4.83. The van der Waals surface area contributed by atoms with Crippen molar-refractivity contribution in [3.63, 3.8) is 0 Å². The number of anilines is 1. The van der Waals surface area contributed by atoms with Gasteiger partial charge in [0.1, 0.15) is 0 Å². The highest BCUT2D eigenvalue weighted by Crippen LogP contribution is 2.45. The molecule has 5 heteroatoms. The smallest absolute Gasteiger partial charge is 0.0729 e. The molecule has 5 rings (SSSR count). The summed E-state index contributed by atoms with van der Waals surface area (Å²) < 4.78 is 0. The summed E-state index contributed by atoms with van der Waals surface area (Å²) in [5.74, 6) is 0. The zero-order valence-electron chi connectivity index (χ0n) is 15.3. The molecule has 1 atom stereocenters. The summed E-state index contributed by atoms with van der Waals surface area (Å²) in [6, 6.07) is 14.6. The first-order chi connectivity index (χ1) is 13.3. The molecule has 0 unspecified atom stereocenters. The van der Waals surface area contributed by atoms with E-state index in [9.17, 15) is 0 Å². The van der Waals surface area contributed by atoms with Gasteiger partial charge in [-0.15, -0.1) is 0 Å². The fourth-order valence-electron chi connectivity index (χ4n) is 4.58. The number of hydrogen-bond donors (Lipinski definition) is 0. The minimum Gasteiger partial charge on any atom is -0.365 e. The fraction of sp³-hybridized carbons (Fsp3) is 0.318. The van der Waals surface area contributed by atoms with Gasteiger partial charge in [-0.2, -0.15) is 0 Å². The van der Waals surface area contributed by atoms with Gasteiger partial charge in [0.25, 0.3) is 0 Å². The average molecular weight is 357 g/mol. The normalized spacial score (nSPS) is 21.7. The SMILES string of the molecule is c1ccc(CN2CC[C@@]3(C2)CN(Cc2cccnc2)c2cccnc23)nc1. The zero-order valence-corrected chi connectivity index (χ0v) is 15.3. The first kappa shape index (κ1) is 16.4. The Morgan fingerprint density at radius 2 is 1.81 bits per heavy atom. The van der Waals surface area contributed by atoms with Crippen molar-refractivity contribution in [2.45, 2.75) is 24.9 Å². The molecule has 2 aliphatic heterocycles. The van der Waals surface area contributed by atoms with Crippen LogP contribution in [0.1, 0.15) is 23.4 Å². The molecule has 0 aliphatic carbocycles. The second-order valence-electron chi connectivity index (χ2n) is 7.65. The average Bonchev–Trinajstić information content (AvgIpc) is 3.25. The Morgan fingerprint density at radius 3 is 2.67 bits per heavy atom. The number of fused-ring (bicyclic) bond motifs is 2. The van der Waals surface area contributed by atoms with Gasteiger partial charge in [-0.1, -0.05) is 12.1 Å². The molecule has 5 nitrogen and oxygen atoms in total. The molecule has 2 aliphatic rings. The maximum absolute atomic E-state index is 4.83. The second-order valence-corrected chi connectivity index (χ2v) is 7.65. The summed E-state index contributed by atoms with van der Waals surface area (Å²) in [5.41, 5.74) is 5.04. The maximum Gasteiger partial charge on any atom is 0.0729 e. The summed E-state index contributed by atoms with van der Waals surface area (Å²) in [5, 5.41) is 0. The molecule has 0 bridgehead atoms. The van der Waals surface area contributed by atoms with E-state index in [1.54, 1.807) is 0 Å². The zero-order chi connectivity index (χ0) is 18.1. The van der Waals surface area contributed by atoms with E-state index < -0.39 is 0 Å². The van der Waals surface area contributed by atoms with Crippen LogP contribution in [0.3, 0.4) is 0 Å². The molecule has 3 aromatic heterocycles. The molecule has 1 fully saturated rings. The quantitative estimate of drug-likeness (QED) is 0.718. The van der Waals surface area contributed by atoms with Crippen molar-refractivity contribution in [1.82, 2.24) is 19.9 Å². The first-order valence-corrected chi connectivity index (χ1v) is 9.54. The molecule has 27 heavy (non-hydrogen) atoms. The van der Waals surface area contributed by atoms with Crippen LogP contribution in [-0.2, 0) is 18.5 Å². The van der Waals surface area contributed by atoms with Gasteiger partial charge in [-0.05, 0) is 48.9 Å². The number of likely N-dealkylation sites (tertiary alicyclic amines) is 1. The highest BCUT2D eigenvalue weighted by molar-refractivity contribution is 5.60. The Kier molecular flexibility index (Phi) is 4.09. The van der Waals surface area contributed by atoms with Crippen LogP contribution < -0.4 is 4.90 Å². The highest BCUT2D eigenvalue weighted by atomic mass is 15.2. The lowest BCUT2D eigenvalue weighted by molar-refractivity contribution is 0.302. The van der Waals surface area contributed by atoms with Gasteiger partial charge in [-0.25, -0.2) is 0 Å². The lowest BCUT2D eigenvalue weighted by Gasteiger charge is -2.26. The van der Waals surface area contributed by atoms with Gasteiger partial charge in [0.15, 0.2) is 0 Å². The van der Waals surface area contributed by atoms with Gasteiger partial charge < -0.3 is 4.90 Å². The van der Waals surface area contributed by atoms with E-state index in [4.69, 9.17) is 4.98 Å². The number of pyridine rings is 3. The summed E-state index contributed by atoms with van der Waals surface area (Å²) in [7, 11) is 0. The topological polar surface area (TPSA) is 45.2 Å². The Bertz CT molecular complexity index is 914. The number of nitrogens with zero attached hydrogens (tertiary/aromatic N) is 5. The molecule has 0 N–H and O–H groups in total. The number of rotatable bonds is 4. The van der Waals surface area contributed by atoms with E-state index in [0.29, 0.717) is 0 Å². The molecule has 3 aromatic rings. The molecule has 1 spiro atoms. The molecule has 1 saturated heterocycles. The Hall–Kier alpha value is -2.79. The lowest BCUT2D eigenvalue weighted by Crippen LogP contribution is -2.36. The number of hydrogen-bond acceptors (Lipinski definition) is 5. The summed E-state index contributed by atoms with van der Waals surface area (Å²) in [4.78, 5) is 18.6. The van der Waals surface area contributed by atoms with Crippen LogP contribution in [-0.4, -0.2) is 39.5 Å². The molecule has 5 heterocycles. The Morgan fingerprint density at radius 1 is 0.889 bits per heavy atom. The third-order valence-electron chi connectivity index (χ3n) is 5.76. The Balaban J connectivity index is 1.39. The van der Waals surface area contributed by atoms with Crippen molar-refractivity contribution >= 4 is 5.69 Å². The van der Waals surface area contributed by atoms with Crippen molar-refractivity contribution in [2.75, 3.05) is 24.5 Å². The van der Waals surface area contributed by atoms with Gasteiger partial charge in [0.2, 0.25) is 0 Å². The largest absolute Gasteiger partial charge is 0.365 e. The molecule has 0 radical (unpaired) electrons. The number of aromatic nitrogens is 3. The molecular formula is C22H23N5. The van der Waals surface area contributed by atoms with Crippen LogP contribution in [0.5, 0.6) is 0 Å². The van der Waals surface area contributed by atoms with Crippen LogP contribution in [0.25, 0.3) is 0 Å². The summed E-state index contributed by atoms with van der Waals surface area (Å²) in [6.45, 7) is 4.94. The minimum absolute atomic E-state index is 0.119. The molecule has 0 saturated carbocycles. The molecule has 0 amide bonds. The van der Waals surface area contributed by atoms with E-state index in [-0.39, 0.29) is 5.41 Å².